The molecule has 3 rings (SSSR count). The summed E-state index contributed by atoms with van der Waals surface area (Å²) in [4.78, 5) is 54.2. The van der Waals surface area contributed by atoms with Crippen molar-refractivity contribution in [2.24, 2.45) is 0 Å². The number of nitrogens with zero attached hydrogens (tertiary/aromatic N) is 1. The second-order valence-electron chi connectivity index (χ2n) is 6.63. The highest BCUT2D eigenvalue weighted by Crippen LogP contribution is 2.61. The number of quaternary nitrogens is 3. The molecule has 208 valence electrons. The molecule has 36 heavy (non-hydrogen) atoms. The van der Waals surface area contributed by atoms with Crippen molar-refractivity contribution in [3.8, 4) is 0 Å². The van der Waals surface area contributed by atoms with Gasteiger partial charge in [0.15, 0.2) is 6.23 Å². The molecule has 0 aliphatic carbocycles. The van der Waals surface area contributed by atoms with Crippen LogP contribution in [0.3, 0.4) is 0 Å². The van der Waals surface area contributed by atoms with E-state index in [0.717, 1.165) is 16.7 Å². The minimum Gasteiger partial charge on any atom is -0.756 e. The molecule has 1 saturated heterocycles. The highest BCUT2D eigenvalue weighted by atomic mass is 31.3. The van der Waals surface area contributed by atoms with E-state index in [1.54, 1.807) is 0 Å². The number of ether oxygens (including phenoxy) is 1. The van der Waals surface area contributed by atoms with Crippen LogP contribution in [0, 0.1) is 5.82 Å². The van der Waals surface area contributed by atoms with Gasteiger partial charge in [0.25, 0.3) is 29.0 Å². The standard InChI is InChI=1S/C14H17FNO14P3.3H3N/c15-8-2-1-7-3-4-16(13(19)9(7)5-8)14-12(18)11(17)10(28-14)6-27-32(23,24)30-33(25,26)29-31(20,21)22;;;/h1-5,10-12,14,17-18H,6H2,(H,23,24)(H,25,26)(H2,20,21,22);3*1H3/t10-,11-,12-,14-;;;/m1.../s1. The minimum atomic E-state index is -6.12. The second kappa shape index (κ2) is 12.4. The van der Waals surface area contributed by atoms with Crippen LogP contribution in [0.5, 0.6) is 0 Å². The predicted molar refractivity (Wildman–Crippen MR) is 115 cm³/mol. The Morgan fingerprint density at radius 3 is 2.19 bits per heavy atom. The first-order valence-corrected chi connectivity index (χ1v) is 13.1. The van der Waals surface area contributed by atoms with Gasteiger partial charge in [-0.3, -0.25) is 23.1 Å². The van der Waals surface area contributed by atoms with Gasteiger partial charge in [-0.15, -0.1) is 0 Å². The number of phosphoric acid groups is 3. The Bertz CT molecular complexity index is 1260. The number of aromatic nitrogens is 1. The first-order chi connectivity index (χ1) is 15.1. The number of phosphoric ester groups is 1. The van der Waals surface area contributed by atoms with Gasteiger partial charge < -0.3 is 57.5 Å². The maximum atomic E-state index is 13.5. The maximum absolute atomic E-state index is 13.5. The zero-order valence-corrected chi connectivity index (χ0v) is 21.6. The molecular weight excluding hydrogens is 560 g/mol. The van der Waals surface area contributed by atoms with Crippen LogP contribution >= 0.6 is 23.5 Å². The zero-order valence-electron chi connectivity index (χ0n) is 18.9. The number of pyridine rings is 1. The number of hydrogen-bond donors (Lipinski definition) is 6. The highest BCUT2D eigenvalue weighted by molar-refractivity contribution is 7.65. The van der Waals surface area contributed by atoms with Crippen LogP contribution in [0.4, 0.5) is 4.39 Å². The first kappa shape index (κ1) is 34.5. The molecule has 1 aliphatic heterocycles. The van der Waals surface area contributed by atoms with Gasteiger partial charge in [0.2, 0.25) is 0 Å². The average Bonchev–Trinajstić information content (AvgIpc) is 2.93. The van der Waals surface area contributed by atoms with E-state index in [-0.39, 0.29) is 23.8 Å². The summed E-state index contributed by atoms with van der Waals surface area (Å²) in [6, 6.07) is 4.79. The molecule has 2 heterocycles. The third-order valence-electron chi connectivity index (χ3n) is 4.31. The Balaban J connectivity index is 0.00000408. The molecule has 1 fully saturated rings. The third-order valence-corrected chi connectivity index (χ3v) is 8.00. The van der Waals surface area contributed by atoms with Crippen LogP contribution in [-0.2, 0) is 31.6 Å². The van der Waals surface area contributed by atoms with Gasteiger partial charge >= 0.3 is 0 Å². The van der Waals surface area contributed by atoms with Crippen molar-refractivity contribution in [2.75, 3.05) is 6.61 Å². The van der Waals surface area contributed by atoms with Crippen LogP contribution in [0.25, 0.3) is 10.8 Å². The third kappa shape index (κ3) is 8.27. The summed E-state index contributed by atoms with van der Waals surface area (Å²) in [6.45, 7) is -1.15. The molecule has 2 aromatic rings. The lowest BCUT2D eigenvalue weighted by Gasteiger charge is -2.33. The number of fused-ring (bicyclic) bond motifs is 1. The monoisotopic (exact) mass is 586 g/mol. The normalized spacial score (nSPS) is 26.4. The van der Waals surface area contributed by atoms with E-state index in [9.17, 15) is 47.8 Å². The van der Waals surface area contributed by atoms with Crippen LogP contribution in [0.15, 0.2) is 35.3 Å². The summed E-state index contributed by atoms with van der Waals surface area (Å²) in [7, 11) is -17.9. The van der Waals surface area contributed by atoms with E-state index in [2.05, 4.69) is 13.1 Å². The Hall–Kier alpha value is -1.47. The summed E-state index contributed by atoms with van der Waals surface area (Å²) in [5.41, 5.74) is -0.807. The van der Waals surface area contributed by atoms with E-state index in [1.807, 2.05) is 0 Å². The van der Waals surface area contributed by atoms with E-state index in [4.69, 9.17) is 9.63 Å². The second-order valence-corrected chi connectivity index (χ2v) is 10.9. The SMILES string of the molecule is O=c1c2cc(F)ccc2ccn1[C@@H]1O[C@H](COP(=O)([O-])OP(=O)([O-])OP(=O)([O-])O)[C@@H](O)[C@H]1O.[NH4+].[NH4+].[NH4+]. The highest BCUT2D eigenvalue weighted by Gasteiger charge is 2.44. The number of aliphatic hydroxyl groups excluding tert-OH is 2. The lowest BCUT2D eigenvalue weighted by Crippen LogP contribution is -2.35. The molecule has 1 aromatic carbocycles. The lowest BCUT2D eigenvalue weighted by molar-refractivity contribution is -0.250. The van der Waals surface area contributed by atoms with Crippen LogP contribution in [0.2, 0.25) is 0 Å². The van der Waals surface area contributed by atoms with Gasteiger partial charge in [0, 0.05) is 6.20 Å². The molecule has 1 aromatic heterocycles. The molecule has 0 bridgehead atoms. The van der Waals surface area contributed by atoms with Crippen molar-refractivity contribution in [3.63, 3.8) is 0 Å². The quantitative estimate of drug-likeness (QED) is 0.209. The lowest BCUT2D eigenvalue weighted by atomic mass is 10.1. The molecule has 0 spiro atoms. The molecule has 22 heteroatoms. The Kier molecular flexibility index (Phi) is 11.9. The predicted octanol–water partition coefficient (Wildman–Crippen LogP) is -0.664. The summed E-state index contributed by atoms with van der Waals surface area (Å²) < 4.78 is 63.6. The van der Waals surface area contributed by atoms with Crippen molar-refractivity contribution in [2.45, 2.75) is 24.5 Å². The minimum absolute atomic E-state index is 0. The Morgan fingerprint density at radius 2 is 1.61 bits per heavy atom. The van der Waals surface area contributed by atoms with Crippen molar-refractivity contribution in [3.05, 3.63) is 46.6 Å². The summed E-state index contributed by atoms with van der Waals surface area (Å²) >= 11 is 0. The fourth-order valence-electron chi connectivity index (χ4n) is 2.98. The van der Waals surface area contributed by atoms with Gasteiger partial charge in [-0.2, -0.15) is 0 Å². The average molecular weight is 586 g/mol. The smallest absolute Gasteiger partial charge is 0.280 e. The number of hydrogen-bond acceptors (Lipinski definition) is 13. The van der Waals surface area contributed by atoms with E-state index >= 15 is 0 Å². The summed E-state index contributed by atoms with van der Waals surface area (Å²) in [5, 5.41) is 20.6. The summed E-state index contributed by atoms with van der Waals surface area (Å²) in [5.74, 6) is -0.711. The fourth-order valence-corrected chi connectivity index (χ4v) is 5.87. The van der Waals surface area contributed by atoms with Gasteiger partial charge in [-0.05, 0) is 23.6 Å². The van der Waals surface area contributed by atoms with Crippen molar-refractivity contribution in [1.82, 2.24) is 23.0 Å². The molecule has 0 saturated carbocycles. The molecule has 15 N–H and O–H groups in total. The Morgan fingerprint density at radius 1 is 1.00 bits per heavy atom. The molecule has 0 radical (unpaired) electrons. The van der Waals surface area contributed by atoms with Gasteiger partial charge in [-0.1, -0.05) is 6.07 Å². The van der Waals surface area contributed by atoms with Crippen LogP contribution < -0.4 is 38.7 Å². The molecule has 0 amide bonds. The molecular formula is C14H26FN4O14P3. The van der Waals surface area contributed by atoms with Crippen molar-refractivity contribution >= 4 is 34.2 Å². The fraction of sp³-hybridized carbons (Fsp3) is 0.357. The van der Waals surface area contributed by atoms with E-state index < -0.39 is 66.0 Å². The molecule has 3 unspecified atom stereocenters. The summed E-state index contributed by atoms with van der Waals surface area (Å²) in [6.07, 6.45) is -5.70. The van der Waals surface area contributed by atoms with Crippen molar-refractivity contribution in [1.29, 1.82) is 0 Å². The largest absolute Gasteiger partial charge is 0.756 e. The van der Waals surface area contributed by atoms with E-state index in [1.165, 1.54) is 18.3 Å². The number of benzene rings is 1. The first-order valence-electron chi connectivity index (χ1n) is 8.64. The van der Waals surface area contributed by atoms with Crippen molar-refractivity contribution < 1.29 is 65.8 Å². The van der Waals surface area contributed by atoms with E-state index in [0.29, 0.717) is 5.39 Å². The zero-order chi connectivity index (χ0) is 24.8. The Labute approximate surface area is 201 Å². The van der Waals surface area contributed by atoms with Crippen LogP contribution in [0.1, 0.15) is 6.23 Å². The number of rotatable bonds is 8. The topological polar surface area (TPSA) is 350 Å². The van der Waals surface area contributed by atoms with Gasteiger partial charge in [-0.25, -0.2) is 13.0 Å². The number of aliphatic hydroxyl groups is 2. The molecule has 7 atom stereocenters. The van der Waals surface area contributed by atoms with Gasteiger partial charge in [0.1, 0.15) is 24.1 Å². The van der Waals surface area contributed by atoms with Crippen LogP contribution in [-0.4, -0.2) is 44.6 Å². The maximum Gasteiger partial charge on any atom is 0.280 e. The molecule has 1 aliphatic rings. The number of halogens is 1. The van der Waals surface area contributed by atoms with Gasteiger partial charge in [0.05, 0.1) is 12.0 Å². The molecule has 18 nitrogen and oxygen atoms in total.